The number of aryl methyl sites for hydroxylation is 1. The fourth-order valence-electron chi connectivity index (χ4n) is 1.05. The highest BCUT2D eigenvalue weighted by atomic mass is 127. The minimum atomic E-state index is 0.855. The number of hydrogen-bond acceptors (Lipinski definition) is 2. The third kappa shape index (κ3) is 1.72. The summed E-state index contributed by atoms with van der Waals surface area (Å²) in [4.78, 5) is 4.20. The maximum absolute atomic E-state index is 4.33. The van der Waals surface area contributed by atoms with E-state index < -0.39 is 0 Å². The van der Waals surface area contributed by atoms with Crippen molar-refractivity contribution in [3.63, 3.8) is 0 Å². The lowest BCUT2D eigenvalue weighted by Crippen LogP contribution is -1.96. The maximum atomic E-state index is 4.33. The van der Waals surface area contributed by atoms with E-state index in [1.54, 1.807) is 10.9 Å². The maximum Gasteiger partial charge on any atom is 0.153 e. The van der Waals surface area contributed by atoms with Crippen molar-refractivity contribution in [2.24, 2.45) is 0 Å². The van der Waals surface area contributed by atoms with Gasteiger partial charge >= 0.3 is 0 Å². The second-order valence-electron chi connectivity index (χ2n) is 2.69. The Hall–Kier alpha value is -0.910. The van der Waals surface area contributed by atoms with E-state index in [0.717, 1.165) is 15.1 Å². The van der Waals surface area contributed by atoms with E-state index in [0.29, 0.717) is 0 Å². The van der Waals surface area contributed by atoms with Crippen LogP contribution in [0.3, 0.4) is 0 Å². The fourth-order valence-corrected chi connectivity index (χ4v) is 1.42. The van der Waals surface area contributed by atoms with Crippen LogP contribution in [0, 0.1) is 10.5 Å². The van der Waals surface area contributed by atoms with Crippen molar-refractivity contribution in [3.05, 3.63) is 39.9 Å². The van der Waals surface area contributed by atoms with E-state index in [1.807, 2.05) is 31.3 Å². The highest BCUT2D eigenvalue weighted by molar-refractivity contribution is 14.1. The van der Waals surface area contributed by atoms with E-state index in [1.165, 1.54) is 0 Å². The molecule has 0 aliphatic heterocycles. The molecule has 0 spiro atoms. The Morgan fingerprint density at radius 1 is 1.38 bits per heavy atom. The zero-order valence-corrected chi connectivity index (χ0v) is 9.26. The first-order valence-electron chi connectivity index (χ1n) is 3.90. The molecule has 0 radical (unpaired) electrons. The molecule has 4 heteroatoms. The molecule has 0 unspecified atom stereocenters. The van der Waals surface area contributed by atoms with Crippen molar-refractivity contribution in [2.75, 3.05) is 0 Å². The van der Waals surface area contributed by atoms with Gasteiger partial charge in [0.2, 0.25) is 0 Å². The van der Waals surface area contributed by atoms with Gasteiger partial charge in [0.1, 0.15) is 0 Å². The van der Waals surface area contributed by atoms with Crippen molar-refractivity contribution in [3.8, 4) is 5.82 Å². The van der Waals surface area contributed by atoms with Crippen LogP contribution in [0.2, 0.25) is 0 Å². The first-order valence-corrected chi connectivity index (χ1v) is 4.98. The van der Waals surface area contributed by atoms with E-state index in [2.05, 4.69) is 32.7 Å². The van der Waals surface area contributed by atoms with E-state index in [-0.39, 0.29) is 0 Å². The Morgan fingerprint density at radius 3 is 2.77 bits per heavy atom. The molecule has 2 aromatic heterocycles. The highest BCUT2D eigenvalue weighted by Crippen LogP contribution is 2.11. The van der Waals surface area contributed by atoms with Gasteiger partial charge in [0, 0.05) is 12.4 Å². The number of nitrogens with zero attached hydrogens (tertiary/aromatic N) is 3. The molecule has 0 N–H and O–H groups in total. The molecule has 3 nitrogen and oxygen atoms in total. The predicted octanol–water partition coefficient (Wildman–Crippen LogP) is 2.18. The molecule has 0 fully saturated rings. The summed E-state index contributed by atoms with van der Waals surface area (Å²) < 4.78 is 2.94. The van der Waals surface area contributed by atoms with Crippen molar-refractivity contribution in [1.82, 2.24) is 14.8 Å². The summed E-state index contributed by atoms with van der Waals surface area (Å²) in [6.45, 7) is 1.99. The molecular formula is C9H8IN3. The highest BCUT2D eigenvalue weighted by Gasteiger charge is 2.02. The van der Waals surface area contributed by atoms with Crippen molar-refractivity contribution in [1.29, 1.82) is 0 Å². The van der Waals surface area contributed by atoms with Gasteiger partial charge in [0.05, 0.1) is 9.26 Å². The summed E-state index contributed by atoms with van der Waals surface area (Å²) >= 11 is 2.26. The van der Waals surface area contributed by atoms with Crippen molar-refractivity contribution in [2.45, 2.75) is 6.92 Å². The Labute approximate surface area is 89.9 Å². The number of pyridine rings is 1. The molecule has 0 bridgehead atoms. The summed E-state index contributed by atoms with van der Waals surface area (Å²) in [5.74, 6) is 0.855. The third-order valence-corrected chi connectivity index (χ3v) is 2.78. The third-order valence-electron chi connectivity index (χ3n) is 1.72. The smallest absolute Gasteiger partial charge is 0.153 e. The SMILES string of the molecule is Cc1nn(-c2ccccn2)cc1I. The van der Waals surface area contributed by atoms with Crippen LogP contribution in [0.4, 0.5) is 0 Å². The second kappa shape index (κ2) is 3.45. The first kappa shape index (κ1) is 8.68. The van der Waals surface area contributed by atoms with Gasteiger partial charge in [-0.05, 0) is 41.6 Å². The van der Waals surface area contributed by atoms with Gasteiger partial charge in [0.25, 0.3) is 0 Å². The molecule has 0 aromatic carbocycles. The molecule has 0 saturated heterocycles. The summed E-state index contributed by atoms with van der Waals surface area (Å²) in [6, 6.07) is 5.78. The lowest BCUT2D eigenvalue weighted by atomic mass is 10.5. The van der Waals surface area contributed by atoms with Crippen LogP contribution < -0.4 is 0 Å². The molecule has 2 aromatic rings. The lowest BCUT2D eigenvalue weighted by molar-refractivity contribution is 0.832. The van der Waals surface area contributed by atoms with E-state index >= 15 is 0 Å². The number of halogens is 1. The van der Waals surface area contributed by atoms with Crippen LogP contribution in [0.1, 0.15) is 5.69 Å². The summed E-state index contributed by atoms with van der Waals surface area (Å²) in [5.41, 5.74) is 1.03. The molecular weight excluding hydrogens is 277 g/mol. The molecule has 0 atom stereocenters. The largest absolute Gasteiger partial charge is 0.237 e. The van der Waals surface area contributed by atoms with Crippen LogP contribution in [0.25, 0.3) is 5.82 Å². The molecule has 66 valence electrons. The van der Waals surface area contributed by atoms with Crippen LogP contribution in [0.5, 0.6) is 0 Å². The topological polar surface area (TPSA) is 30.7 Å². The predicted molar refractivity (Wildman–Crippen MR) is 58.8 cm³/mol. The summed E-state index contributed by atoms with van der Waals surface area (Å²) in [7, 11) is 0. The standard InChI is InChI=1S/C9H8IN3/c1-7-8(10)6-13(12-7)9-4-2-3-5-11-9/h2-6H,1H3. The lowest BCUT2D eigenvalue weighted by Gasteiger charge is -1.96. The van der Waals surface area contributed by atoms with Crippen LogP contribution in [-0.4, -0.2) is 14.8 Å². The molecule has 0 saturated carbocycles. The molecule has 2 rings (SSSR count). The quantitative estimate of drug-likeness (QED) is 0.752. The van der Waals surface area contributed by atoms with Crippen LogP contribution in [-0.2, 0) is 0 Å². The Bertz CT molecular complexity index is 389. The van der Waals surface area contributed by atoms with Crippen LogP contribution in [0.15, 0.2) is 30.6 Å². The normalized spacial score (nSPS) is 10.3. The Morgan fingerprint density at radius 2 is 2.23 bits per heavy atom. The summed E-state index contributed by atoms with van der Waals surface area (Å²) in [6.07, 6.45) is 3.73. The van der Waals surface area contributed by atoms with E-state index in [4.69, 9.17) is 0 Å². The second-order valence-corrected chi connectivity index (χ2v) is 3.86. The monoisotopic (exact) mass is 285 g/mol. The van der Waals surface area contributed by atoms with Crippen molar-refractivity contribution >= 4 is 22.6 Å². The van der Waals surface area contributed by atoms with Gasteiger partial charge in [-0.2, -0.15) is 5.10 Å². The molecule has 0 aliphatic carbocycles. The minimum absolute atomic E-state index is 0.855. The Balaban J connectivity index is 2.48. The fraction of sp³-hybridized carbons (Fsp3) is 0.111. The zero-order chi connectivity index (χ0) is 9.26. The molecule has 0 aliphatic rings. The average molecular weight is 285 g/mol. The molecule has 2 heterocycles. The van der Waals surface area contributed by atoms with Crippen LogP contribution >= 0.6 is 22.6 Å². The van der Waals surface area contributed by atoms with Crippen molar-refractivity contribution < 1.29 is 0 Å². The number of aromatic nitrogens is 3. The van der Waals surface area contributed by atoms with Gasteiger partial charge in [-0.15, -0.1) is 0 Å². The Kier molecular flexibility index (Phi) is 2.30. The zero-order valence-electron chi connectivity index (χ0n) is 7.11. The van der Waals surface area contributed by atoms with Gasteiger partial charge in [0.15, 0.2) is 5.82 Å². The first-order chi connectivity index (χ1) is 6.27. The summed E-state index contributed by atoms with van der Waals surface area (Å²) in [5, 5.41) is 4.33. The minimum Gasteiger partial charge on any atom is -0.237 e. The number of hydrogen-bond donors (Lipinski definition) is 0. The average Bonchev–Trinajstić information content (AvgIpc) is 2.49. The van der Waals surface area contributed by atoms with Gasteiger partial charge in [-0.1, -0.05) is 6.07 Å². The van der Waals surface area contributed by atoms with E-state index in [9.17, 15) is 0 Å². The van der Waals surface area contributed by atoms with Gasteiger partial charge in [-0.3, -0.25) is 0 Å². The van der Waals surface area contributed by atoms with Gasteiger partial charge in [-0.25, -0.2) is 9.67 Å². The molecule has 0 amide bonds. The van der Waals surface area contributed by atoms with Gasteiger partial charge < -0.3 is 0 Å². The molecule has 13 heavy (non-hydrogen) atoms. The number of rotatable bonds is 1.